The molecule has 1 saturated heterocycles. The Morgan fingerprint density at radius 1 is 1.33 bits per heavy atom. The molecule has 0 saturated carbocycles. The van der Waals surface area contributed by atoms with Gasteiger partial charge in [-0.1, -0.05) is 20.8 Å². The molecule has 0 aliphatic carbocycles. The number of carbonyl (C=O) groups excluding carboxylic acids is 2. The molecule has 0 spiro atoms. The van der Waals surface area contributed by atoms with Crippen LogP contribution in [0.1, 0.15) is 27.7 Å². The number of hydrogen-bond acceptors (Lipinski definition) is 5. The molecule has 1 rings (SSSR count). The summed E-state index contributed by atoms with van der Waals surface area (Å²) in [6, 6.07) is 0.0272. The maximum Gasteiger partial charge on any atom is 0.325 e. The molecule has 1 aliphatic rings. The van der Waals surface area contributed by atoms with E-state index in [0.717, 1.165) is 6.54 Å². The molecule has 21 heavy (non-hydrogen) atoms. The van der Waals surface area contributed by atoms with Gasteiger partial charge in [0, 0.05) is 12.6 Å². The normalized spacial score (nSPS) is 21.6. The zero-order valence-electron chi connectivity index (χ0n) is 13.6. The fourth-order valence-corrected chi connectivity index (χ4v) is 2.53. The number of rotatable bonds is 8. The molecule has 1 heterocycles. The highest BCUT2D eigenvalue weighted by atomic mass is 16.5. The van der Waals surface area contributed by atoms with Gasteiger partial charge in [0.05, 0.1) is 25.7 Å². The molecule has 2 atom stereocenters. The Labute approximate surface area is 127 Å². The number of amides is 1. The van der Waals surface area contributed by atoms with E-state index in [0.29, 0.717) is 32.3 Å². The van der Waals surface area contributed by atoms with Crippen LogP contribution in [-0.4, -0.2) is 62.3 Å². The largest absolute Gasteiger partial charge is 0.465 e. The van der Waals surface area contributed by atoms with Crippen molar-refractivity contribution in [3.05, 3.63) is 0 Å². The SMILES string of the molecule is CCNC1COCC1C(=O)N(CC(=O)OCC)CC(C)C. The molecule has 6 heteroatoms. The van der Waals surface area contributed by atoms with Gasteiger partial charge in [-0.2, -0.15) is 0 Å². The Balaban J connectivity index is 2.71. The molecule has 0 bridgehead atoms. The predicted octanol–water partition coefficient (Wildman–Crippen LogP) is 0.659. The van der Waals surface area contributed by atoms with Crippen LogP contribution >= 0.6 is 0 Å². The number of nitrogens with one attached hydrogen (secondary N) is 1. The van der Waals surface area contributed by atoms with Crippen LogP contribution in [0.3, 0.4) is 0 Å². The van der Waals surface area contributed by atoms with Gasteiger partial charge in [0.25, 0.3) is 0 Å². The smallest absolute Gasteiger partial charge is 0.325 e. The highest BCUT2D eigenvalue weighted by Crippen LogP contribution is 2.17. The van der Waals surface area contributed by atoms with Crippen molar-refractivity contribution in [2.45, 2.75) is 33.7 Å². The first kappa shape index (κ1) is 17.9. The lowest BCUT2D eigenvalue weighted by Crippen LogP contribution is -2.48. The zero-order valence-corrected chi connectivity index (χ0v) is 13.6. The van der Waals surface area contributed by atoms with E-state index in [9.17, 15) is 9.59 Å². The summed E-state index contributed by atoms with van der Waals surface area (Å²) in [5, 5.41) is 3.27. The Morgan fingerprint density at radius 3 is 2.62 bits per heavy atom. The van der Waals surface area contributed by atoms with Crippen LogP contribution in [0.5, 0.6) is 0 Å². The van der Waals surface area contributed by atoms with Crippen molar-refractivity contribution in [2.24, 2.45) is 11.8 Å². The first-order chi connectivity index (χ1) is 9.99. The van der Waals surface area contributed by atoms with Crippen molar-refractivity contribution in [1.29, 1.82) is 0 Å². The quantitative estimate of drug-likeness (QED) is 0.667. The van der Waals surface area contributed by atoms with Crippen LogP contribution in [0.2, 0.25) is 0 Å². The molecule has 0 radical (unpaired) electrons. The summed E-state index contributed by atoms with van der Waals surface area (Å²) in [6.07, 6.45) is 0. The number of hydrogen-bond donors (Lipinski definition) is 1. The number of ether oxygens (including phenoxy) is 2. The van der Waals surface area contributed by atoms with Gasteiger partial charge in [-0.05, 0) is 19.4 Å². The second-order valence-electron chi connectivity index (χ2n) is 5.73. The van der Waals surface area contributed by atoms with Gasteiger partial charge in [-0.25, -0.2) is 0 Å². The third-order valence-electron chi connectivity index (χ3n) is 3.39. The maximum atomic E-state index is 12.7. The summed E-state index contributed by atoms with van der Waals surface area (Å²) in [4.78, 5) is 26.0. The first-order valence-electron chi connectivity index (χ1n) is 7.75. The van der Waals surface area contributed by atoms with Gasteiger partial charge in [-0.15, -0.1) is 0 Å². The molecular formula is C15H28N2O4. The molecule has 1 amide bonds. The average molecular weight is 300 g/mol. The number of esters is 1. The summed E-state index contributed by atoms with van der Waals surface area (Å²) in [6.45, 7) is 10.5. The van der Waals surface area contributed by atoms with Gasteiger partial charge in [0.15, 0.2) is 0 Å². The molecule has 0 aromatic carbocycles. The van der Waals surface area contributed by atoms with E-state index in [-0.39, 0.29) is 30.4 Å². The molecule has 0 aromatic heterocycles. The lowest BCUT2D eigenvalue weighted by Gasteiger charge is -2.28. The summed E-state index contributed by atoms with van der Waals surface area (Å²) < 4.78 is 10.4. The van der Waals surface area contributed by atoms with Gasteiger partial charge in [0.2, 0.25) is 5.91 Å². The van der Waals surface area contributed by atoms with Crippen molar-refractivity contribution in [2.75, 3.05) is 39.5 Å². The molecule has 1 aliphatic heterocycles. The fraction of sp³-hybridized carbons (Fsp3) is 0.867. The fourth-order valence-electron chi connectivity index (χ4n) is 2.53. The molecule has 6 nitrogen and oxygen atoms in total. The van der Waals surface area contributed by atoms with Crippen LogP contribution in [0.15, 0.2) is 0 Å². The van der Waals surface area contributed by atoms with E-state index in [1.54, 1.807) is 11.8 Å². The van der Waals surface area contributed by atoms with Crippen molar-refractivity contribution in [3.63, 3.8) is 0 Å². The number of nitrogens with zero attached hydrogens (tertiary/aromatic N) is 1. The minimum absolute atomic E-state index is 0.0141. The number of likely N-dealkylation sites (N-methyl/N-ethyl adjacent to an activating group) is 1. The maximum absolute atomic E-state index is 12.7. The third kappa shape index (κ3) is 5.63. The summed E-state index contributed by atoms with van der Waals surface area (Å²) in [7, 11) is 0. The van der Waals surface area contributed by atoms with Crippen LogP contribution < -0.4 is 5.32 Å². The Bertz CT molecular complexity index is 347. The highest BCUT2D eigenvalue weighted by Gasteiger charge is 2.36. The minimum Gasteiger partial charge on any atom is -0.465 e. The Morgan fingerprint density at radius 2 is 2.05 bits per heavy atom. The van der Waals surface area contributed by atoms with Crippen LogP contribution in [0, 0.1) is 11.8 Å². The molecule has 1 N–H and O–H groups in total. The third-order valence-corrected chi connectivity index (χ3v) is 3.39. The molecule has 122 valence electrons. The predicted molar refractivity (Wildman–Crippen MR) is 79.8 cm³/mol. The molecular weight excluding hydrogens is 272 g/mol. The van der Waals surface area contributed by atoms with Crippen molar-refractivity contribution in [3.8, 4) is 0 Å². The van der Waals surface area contributed by atoms with E-state index in [4.69, 9.17) is 9.47 Å². The highest BCUT2D eigenvalue weighted by molar-refractivity contribution is 5.84. The second kappa shape index (κ2) is 9.00. The first-order valence-corrected chi connectivity index (χ1v) is 7.75. The van der Waals surface area contributed by atoms with E-state index in [1.165, 1.54) is 0 Å². The molecule has 1 fully saturated rings. The number of carbonyl (C=O) groups is 2. The summed E-state index contributed by atoms with van der Waals surface area (Å²) >= 11 is 0. The van der Waals surface area contributed by atoms with E-state index >= 15 is 0 Å². The average Bonchev–Trinajstić information content (AvgIpc) is 2.85. The topological polar surface area (TPSA) is 67.9 Å². The zero-order chi connectivity index (χ0) is 15.8. The van der Waals surface area contributed by atoms with Crippen LogP contribution in [0.25, 0.3) is 0 Å². The standard InChI is InChI=1S/C15H28N2O4/c1-5-16-13-10-20-9-12(13)15(19)17(7-11(3)4)8-14(18)21-6-2/h11-13,16H,5-10H2,1-4H3. The summed E-state index contributed by atoms with van der Waals surface area (Å²) in [5.74, 6) is -0.313. The van der Waals surface area contributed by atoms with Crippen LogP contribution in [0.4, 0.5) is 0 Å². The summed E-state index contributed by atoms with van der Waals surface area (Å²) in [5.41, 5.74) is 0. The van der Waals surface area contributed by atoms with Crippen LogP contribution in [-0.2, 0) is 19.1 Å². The van der Waals surface area contributed by atoms with Gasteiger partial charge < -0.3 is 19.7 Å². The Hall–Kier alpha value is -1.14. The second-order valence-corrected chi connectivity index (χ2v) is 5.73. The van der Waals surface area contributed by atoms with Gasteiger partial charge in [0.1, 0.15) is 6.54 Å². The minimum atomic E-state index is -0.356. The Kier molecular flexibility index (Phi) is 7.67. The molecule has 0 aromatic rings. The monoisotopic (exact) mass is 300 g/mol. The van der Waals surface area contributed by atoms with Gasteiger partial charge >= 0.3 is 5.97 Å². The van der Waals surface area contributed by atoms with E-state index in [1.807, 2.05) is 20.8 Å². The van der Waals surface area contributed by atoms with E-state index < -0.39 is 0 Å². The lowest BCUT2D eigenvalue weighted by molar-refractivity contribution is -0.150. The van der Waals surface area contributed by atoms with E-state index in [2.05, 4.69) is 5.32 Å². The molecule has 2 unspecified atom stereocenters. The van der Waals surface area contributed by atoms with Crippen molar-refractivity contribution < 1.29 is 19.1 Å². The lowest BCUT2D eigenvalue weighted by atomic mass is 10.0. The van der Waals surface area contributed by atoms with Gasteiger partial charge in [-0.3, -0.25) is 9.59 Å². The van der Waals surface area contributed by atoms with Crippen molar-refractivity contribution >= 4 is 11.9 Å². The van der Waals surface area contributed by atoms with Crippen molar-refractivity contribution in [1.82, 2.24) is 10.2 Å².